The van der Waals surface area contributed by atoms with E-state index in [1.54, 1.807) is 28.9 Å². The summed E-state index contributed by atoms with van der Waals surface area (Å²) < 4.78 is 5.90. The molecule has 1 heterocycles. The van der Waals surface area contributed by atoms with Gasteiger partial charge >= 0.3 is 0 Å². The Morgan fingerprint density at radius 3 is 2.35 bits per heavy atom. The molecule has 0 saturated carbocycles. The Labute approximate surface area is 154 Å². The number of rotatable bonds is 5. The number of nitrogens with zero attached hydrogens (tertiary/aromatic N) is 2. The van der Waals surface area contributed by atoms with Gasteiger partial charge in [0.1, 0.15) is 5.75 Å². The lowest BCUT2D eigenvalue weighted by Crippen LogP contribution is -2.52. The number of hydrogen-bond donors (Lipinski definition) is 1. The molecule has 0 spiro atoms. The number of nitrogens with one attached hydrogen (secondary N) is 1. The van der Waals surface area contributed by atoms with Crippen LogP contribution in [0.1, 0.15) is 36.7 Å². The number of carbonyl (C=O) groups excluding carboxylic acids is 3. The number of amides is 3. The zero-order valence-electron chi connectivity index (χ0n) is 15.9. The highest BCUT2D eigenvalue weighted by Gasteiger charge is 2.28. The van der Waals surface area contributed by atoms with Gasteiger partial charge in [0.2, 0.25) is 5.91 Å². The van der Waals surface area contributed by atoms with Crippen molar-refractivity contribution in [3.63, 3.8) is 0 Å². The Bertz CT molecular complexity index is 681. The summed E-state index contributed by atoms with van der Waals surface area (Å²) in [5.74, 6) is 0.0915. The Morgan fingerprint density at radius 2 is 1.77 bits per heavy atom. The topological polar surface area (TPSA) is 79.0 Å². The first kappa shape index (κ1) is 19.8. The van der Waals surface area contributed by atoms with Gasteiger partial charge in [0.15, 0.2) is 6.10 Å². The maximum Gasteiger partial charge on any atom is 0.263 e. The van der Waals surface area contributed by atoms with Crippen molar-refractivity contribution in [3.05, 3.63) is 29.3 Å². The minimum absolute atomic E-state index is 0.0212. The molecule has 1 saturated heterocycles. The van der Waals surface area contributed by atoms with Crippen molar-refractivity contribution in [1.82, 2.24) is 15.1 Å². The molecule has 0 radical (unpaired) electrons. The van der Waals surface area contributed by atoms with E-state index in [1.807, 2.05) is 19.9 Å². The fourth-order valence-corrected chi connectivity index (χ4v) is 2.97. The molecule has 1 aromatic carbocycles. The summed E-state index contributed by atoms with van der Waals surface area (Å²) in [5, 5.41) is 2.76. The predicted octanol–water partition coefficient (Wildman–Crippen LogP) is 1.20. The molecule has 1 aliphatic heterocycles. The SMILES string of the molecule is CCNC(=O)c1cccc(C)c1OC(C)C(=O)N1CCN(C(C)=O)CC1. The average molecular weight is 361 g/mol. The zero-order chi connectivity index (χ0) is 19.3. The van der Waals surface area contributed by atoms with Gasteiger partial charge in [0.25, 0.3) is 11.8 Å². The van der Waals surface area contributed by atoms with Crippen LogP contribution in [0.2, 0.25) is 0 Å². The van der Waals surface area contributed by atoms with Gasteiger partial charge < -0.3 is 19.9 Å². The van der Waals surface area contributed by atoms with Crippen LogP contribution in [-0.2, 0) is 9.59 Å². The quantitative estimate of drug-likeness (QED) is 0.855. The second-order valence-electron chi connectivity index (χ2n) is 6.40. The van der Waals surface area contributed by atoms with Gasteiger partial charge in [-0.1, -0.05) is 12.1 Å². The van der Waals surface area contributed by atoms with Crippen LogP contribution >= 0.6 is 0 Å². The molecule has 142 valence electrons. The average Bonchev–Trinajstić information content (AvgIpc) is 2.62. The molecule has 0 aliphatic carbocycles. The Kier molecular flexibility index (Phi) is 6.60. The third-order valence-corrected chi connectivity index (χ3v) is 4.47. The minimum atomic E-state index is -0.715. The summed E-state index contributed by atoms with van der Waals surface area (Å²) in [6.07, 6.45) is -0.715. The van der Waals surface area contributed by atoms with E-state index < -0.39 is 6.10 Å². The minimum Gasteiger partial charge on any atom is -0.480 e. The summed E-state index contributed by atoms with van der Waals surface area (Å²) in [6, 6.07) is 5.33. The van der Waals surface area contributed by atoms with E-state index in [-0.39, 0.29) is 17.7 Å². The van der Waals surface area contributed by atoms with Crippen LogP contribution in [0.3, 0.4) is 0 Å². The molecule has 1 fully saturated rings. The van der Waals surface area contributed by atoms with Crippen LogP contribution in [0.15, 0.2) is 18.2 Å². The Hall–Kier alpha value is -2.57. The van der Waals surface area contributed by atoms with Gasteiger partial charge in [0.05, 0.1) is 5.56 Å². The van der Waals surface area contributed by atoms with Crippen molar-refractivity contribution < 1.29 is 19.1 Å². The predicted molar refractivity (Wildman–Crippen MR) is 98.1 cm³/mol. The summed E-state index contributed by atoms with van der Waals surface area (Å²) in [7, 11) is 0. The van der Waals surface area contributed by atoms with Gasteiger partial charge in [-0.05, 0) is 32.4 Å². The van der Waals surface area contributed by atoms with E-state index in [0.717, 1.165) is 5.56 Å². The highest BCUT2D eigenvalue weighted by atomic mass is 16.5. The van der Waals surface area contributed by atoms with Crippen molar-refractivity contribution in [2.75, 3.05) is 32.7 Å². The lowest BCUT2D eigenvalue weighted by atomic mass is 10.1. The van der Waals surface area contributed by atoms with Crippen molar-refractivity contribution in [3.8, 4) is 5.75 Å². The highest BCUT2D eigenvalue weighted by molar-refractivity contribution is 5.97. The molecule has 1 aromatic rings. The summed E-state index contributed by atoms with van der Waals surface area (Å²) in [6.45, 7) is 9.47. The number of benzene rings is 1. The highest BCUT2D eigenvalue weighted by Crippen LogP contribution is 2.25. The molecule has 1 unspecified atom stereocenters. The van der Waals surface area contributed by atoms with Crippen LogP contribution < -0.4 is 10.1 Å². The summed E-state index contributed by atoms with van der Waals surface area (Å²) in [4.78, 5) is 39.8. The largest absolute Gasteiger partial charge is 0.480 e. The summed E-state index contributed by atoms with van der Waals surface area (Å²) in [5.41, 5.74) is 1.22. The third-order valence-electron chi connectivity index (χ3n) is 4.47. The molecule has 7 heteroatoms. The first-order valence-electron chi connectivity index (χ1n) is 8.94. The Morgan fingerprint density at radius 1 is 1.15 bits per heavy atom. The third kappa shape index (κ3) is 4.53. The van der Waals surface area contributed by atoms with Crippen molar-refractivity contribution >= 4 is 17.7 Å². The second-order valence-corrected chi connectivity index (χ2v) is 6.40. The lowest BCUT2D eigenvalue weighted by molar-refractivity contribution is -0.143. The number of ether oxygens (including phenoxy) is 1. The first-order chi connectivity index (χ1) is 12.3. The van der Waals surface area contributed by atoms with Crippen LogP contribution in [0.25, 0.3) is 0 Å². The second kappa shape index (κ2) is 8.69. The van der Waals surface area contributed by atoms with Crippen LogP contribution in [0.5, 0.6) is 5.75 Å². The number of para-hydroxylation sites is 1. The number of carbonyl (C=O) groups is 3. The molecule has 7 nitrogen and oxygen atoms in total. The van der Waals surface area contributed by atoms with E-state index in [4.69, 9.17) is 4.74 Å². The molecule has 0 bridgehead atoms. The van der Waals surface area contributed by atoms with Gasteiger partial charge in [-0.3, -0.25) is 14.4 Å². The standard InChI is InChI=1S/C19H27N3O4/c1-5-20-18(24)16-8-6-7-13(2)17(16)26-14(3)19(25)22-11-9-21(10-12-22)15(4)23/h6-8,14H,5,9-12H2,1-4H3,(H,20,24). The van der Waals surface area contributed by atoms with Gasteiger partial charge in [-0.2, -0.15) is 0 Å². The van der Waals surface area contributed by atoms with Gasteiger partial charge in [0, 0.05) is 39.6 Å². The van der Waals surface area contributed by atoms with E-state index in [0.29, 0.717) is 44.0 Å². The smallest absolute Gasteiger partial charge is 0.263 e. The fourth-order valence-electron chi connectivity index (χ4n) is 2.97. The van der Waals surface area contributed by atoms with Crippen LogP contribution in [0, 0.1) is 6.92 Å². The fraction of sp³-hybridized carbons (Fsp3) is 0.526. The molecule has 1 atom stereocenters. The molecule has 1 N–H and O–H groups in total. The monoisotopic (exact) mass is 361 g/mol. The number of aryl methyl sites for hydroxylation is 1. The number of hydrogen-bond acceptors (Lipinski definition) is 4. The zero-order valence-corrected chi connectivity index (χ0v) is 15.9. The maximum absolute atomic E-state index is 12.7. The molecule has 26 heavy (non-hydrogen) atoms. The normalized spacial score (nSPS) is 15.4. The van der Waals surface area contributed by atoms with Crippen molar-refractivity contribution in [2.45, 2.75) is 33.8 Å². The Balaban J connectivity index is 2.08. The lowest BCUT2D eigenvalue weighted by Gasteiger charge is -2.35. The van der Waals surface area contributed by atoms with Gasteiger partial charge in [-0.15, -0.1) is 0 Å². The van der Waals surface area contributed by atoms with Crippen molar-refractivity contribution in [1.29, 1.82) is 0 Å². The van der Waals surface area contributed by atoms with Crippen LogP contribution in [0.4, 0.5) is 0 Å². The van der Waals surface area contributed by atoms with E-state index in [2.05, 4.69) is 5.32 Å². The molecular weight excluding hydrogens is 334 g/mol. The van der Waals surface area contributed by atoms with E-state index in [9.17, 15) is 14.4 Å². The molecule has 0 aromatic heterocycles. The van der Waals surface area contributed by atoms with E-state index >= 15 is 0 Å². The van der Waals surface area contributed by atoms with Crippen LogP contribution in [-0.4, -0.2) is 66.3 Å². The van der Waals surface area contributed by atoms with Gasteiger partial charge in [-0.25, -0.2) is 0 Å². The van der Waals surface area contributed by atoms with Crippen molar-refractivity contribution in [2.24, 2.45) is 0 Å². The molecule has 1 aliphatic rings. The molecule has 2 rings (SSSR count). The molecule has 3 amide bonds. The maximum atomic E-state index is 12.7. The summed E-state index contributed by atoms with van der Waals surface area (Å²) >= 11 is 0. The molecular formula is C19H27N3O4. The number of piperazine rings is 1. The van der Waals surface area contributed by atoms with E-state index in [1.165, 1.54) is 6.92 Å². The first-order valence-corrected chi connectivity index (χ1v) is 8.94.